The van der Waals surface area contributed by atoms with Crippen molar-refractivity contribution in [3.05, 3.63) is 0 Å². The van der Waals surface area contributed by atoms with Gasteiger partial charge in [0.05, 0.1) is 0 Å². The molecule has 0 aliphatic rings. The lowest BCUT2D eigenvalue weighted by Crippen LogP contribution is -2.09. The van der Waals surface area contributed by atoms with E-state index in [2.05, 4.69) is 13.8 Å². The Bertz CT molecular complexity index is 201. The third-order valence-electron chi connectivity index (χ3n) is 3.07. The number of carboxylic acids is 2. The summed E-state index contributed by atoms with van der Waals surface area (Å²) in [5.74, 6) is -0.558. The summed E-state index contributed by atoms with van der Waals surface area (Å²) in [6.07, 6.45) is 3.68. The fourth-order valence-corrected chi connectivity index (χ4v) is 1.72. The van der Waals surface area contributed by atoms with Gasteiger partial charge in [0.1, 0.15) is 0 Å². The van der Waals surface area contributed by atoms with E-state index in [0.29, 0.717) is 24.7 Å². The van der Waals surface area contributed by atoms with Gasteiger partial charge in [0.25, 0.3) is 0 Å². The highest BCUT2D eigenvalue weighted by molar-refractivity contribution is 5.66. The monoisotopic (exact) mass is 230 g/mol. The summed E-state index contributed by atoms with van der Waals surface area (Å²) in [7, 11) is 0. The first-order valence-corrected chi connectivity index (χ1v) is 5.87. The average Bonchev–Trinajstić information content (AvgIpc) is 2.16. The van der Waals surface area contributed by atoms with Gasteiger partial charge in [0.15, 0.2) is 0 Å². The molecule has 4 nitrogen and oxygen atoms in total. The fraction of sp³-hybridized carbons (Fsp3) is 0.833. The Labute approximate surface area is 96.7 Å². The molecule has 0 saturated heterocycles. The summed E-state index contributed by atoms with van der Waals surface area (Å²) in [4.78, 5) is 20.7. The number of carboxylic acid groups (broad SMARTS) is 2. The minimum Gasteiger partial charge on any atom is -0.481 e. The summed E-state index contributed by atoms with van der Waals surface area (Å²) in [6, 6.07) is 0. The van der Waals surface area contributed by atoms with Gasteiger partial charge in [-0.2, -0.15) is 0 Å². The largest absolute Gasteiger partial charge is 0.481 e. The molecule has 2 unspecified atom stereocenters. The average molecular weight is 230 g/mol. The lowest BCUT2D eigenvalue weighted by Gasteiger charge is -2.19. The van der Waals surface area contributed by atoms with E-state index < -0.39 is 11.9 Å². The molecule has 0 aromatic heterocycles. The second kappa shape index (κ2) is 8.13. The van der Waals surface area contributed by atoms with Crippen LogP contribution >= 0.6 is 0 Å². The maximum atomic E-state index is 10.3. The van der Waals surface area contributed by atoms with Crippen LogP contribution in [0.4, 0.5) is 0 Å². The molecule has 0 heterocycles. The number of rotatable bonds is 9. The predicted octanol–water partition coefficient (Wildman–Crippen LogP) is 2.77. The van der Waals surface area contributed by atoms with Gasteiger partial charge in [-0.15, -0.1) is 0 Å². The molecule has 0 radical (unpaired) electrons. The topological polar surface area (TPSA) is 74.6 Å². The SMILES string of the molecule is CC(CCCC(=O)O)C(C)CCCC(=O)O. The Hall–Kier alpha value is -1.06. The Morgan fingerprint density at radius 1 is 0.875 bits per heavy atom. The lowest BCUT2D eigenvalue weighted by molar-refractivity contribution is -0.138. The van der Waals surface area contributed by atoms with E-state index in [9.17, 15) is 9.59 Å². The van der Waals surface area contributed by atoms with E-state index in [1.165, 1.54) is 0 Å². The molecule has 0 aromatic rings. The van der Waals surface area contributed by atoms with Gasteiger partial charge in [0.2, 0.25) is 0 Å². The Morgan fingerprint density at radius 3 is 1.44 bits per heavy atom. The van der Waals surface area contributed by atoms with E-state index >= 15 is 0 Å². The van der Waals surface area contributed by atoms with Gasteiger partial charge in [-0.1, -0.05) is 13.8 Å². The quantitative estimate of drug-likeness (QED) is 0.638. The van der Waals surface area contributed by atoms with Crippen molar-refractivity contribution in [1.29, 1.82) is 0 Å². The molecule has 2 N–H and O–H groups in total. The van der Waals surface area contributed by atoms with Crippen LogP contribution in [-0.2, 0) is 9.59 Å². The molecular formula is C12H22O4. The van der Waals surface area contributed by atoms with Crippen molar-refractivity contribution >= 4 is 11.9 Å². The van der Waals surface area contributed by atoms with E-state index in [4.69, 9.17) is 10.2 Å². The van der Waals surface area contributed by atoms with Crippen molar-refractivity contribution in [2.24, 2.45) is 11.8 Å². The summed E-state index contributed by atoms with van der Waals surface area (Å²) >= 11 is 0. The zero-order chi connectivity index (χ0) is 12.6. The van der Waals surface area contributed by atoms with Gasteiger partial charge in [-0.25, -0.2) is 0 Å². The molecule has 0 rings (SSSR count). The molecule has 94 valence electrons. The van der Waals surface area contributed by atoms with Crippen molar-refractivity contribution in [2.75, 3.05) is 0 Å². The van der Waals surface area contributed by atoms with Gasteiger partial charge >= 0.3 is 11.9 Å². The highest BCUT2D eigenvalue weighted by Gasteiger charge is 2.13. The van der Waals surface area contributed by atoms with Crippen LogP contribution in [0.25, 0.3) is 0 Å². The first kappa shape index (κ1) is 14.9. The third kappa shape index (κ3) is 8.26. The van der Waals surface area contributed by atoms with E-state index in [1.807, 2.05) is 0 Å². The Morgan fingerprint density at radius 2 is 1.19 bits per heavy atom. The number of carbonyl (C=O) groups is 2. The van der Waals surface area contributed by atoms with Crippen molar-refractivity contribution < 1.29 is 19.8 Å². The smallest absolute Gasteiger partial charge is 0.303 e. The standard InChI is InChI=1S/C12H22O4/c1-9(5-3-7-11(13)14)10(2)6-4-8-12(15)16/h9-10H,3-8H2,1-2H3,(H,13,14)(H,15,16). The highest BCUT2D eigenvalue weighted by atomic mass is 16.4. The number of aliphatic carboxylic acids is 2. The first-order valence-electron chi connectivity index (χ1n) is 5.87. The molecule has 0 aromatic carbocycles. The van der Waals surface area contributed by atoms with Crippen LogP contribution in [0.2, 0.25) is 0 Å². The normalized spacial score (nSPS) is 14.4. The molecule has 0 spiro atoms. The van der Waals surface area contributed by atoms with Crippen LogP contribution in [-0.4, -0.2) is 22.2 Å². The summed E-state index contributed by atoms with van der Waals surface area (Å²) in [6.45, 7) is 4.21. The van der Waals surface area contributed by atoms with Gasteiger partial charge < -0.3 is 10.2 Å². The minimum absolute atomic E-state index is 0.228. The molecule has 4 heteroatoms. The fourth-order valence-electron chi connectivity index (χ4n) is 1.72. The van der Waals surface area contributed by atoms with E-state index in [1.54, 1.807) is 0 Å². The molecule has 0 fully saturated rings. The molecule has 16 heavy (non-hydrogen) atoms. The van der Waals surface area contributed by atoms with Gasteiger partial charge in [-0.05, 0) is 37.5 Å². The maximum absolute atomic E-state index is 10.3. The molecule has 0 aliphatic carbocycles. The molecule has 0 amide bonds. The van der Waals surface area contributed by atoms with Crippen molar-refractivity contribution in [3.8, 4) is 0 Å². The zero-order valence-corrected chi connectivity index (χ0v) is 10.1. The Kier molecular flexibility index (Phi) is 7.60. The molecule has 0 aliphatic heterocycles. The number of hydrogen-bond donors (Lipinski definition) is 2. The lowest BCUT2D eigenvalue weighted by atomic mass is 9.87. The number of hydrogen-bond acceptors (Lipinski definition) is 2. The van der Waals surface area contributed by atoms with Crippen molar-refractivity contribution in [1.82, 2.24) is 0 Å². The third-order valence-corrected chi connectivity index (χ3v) is 3.07. The second-order valence-corrected chi connectivity index (χ2v) is 4.53. The first-order chi connectivity index (χ1) is 7.43. The van der Waals surface area contributed by atoms with E-state index in [0.717, 1.165) is 12.8 Å². The molecule has 0 saturated carbocycles. The maximum Gasteiger partial charge on any atom is 0.303 e. The minimum atomic E-state index is -0.745. The van der Waals surface area contributed by atoms with E-state index in [-0.39, 0.29) is 12.8 Å². The van der Waals surface area contributed by atoms with Crippen molar-refractivity contribution in [2.45, 2.75) is 52.4 Å². The van der Waals surface area contributed by atoms with Crippen LogP contribution in [0.5, 0.6) is 0 Å². The van der Waals surface area contributed by atoms with Gasteiger partial charge in [-0.3, -0.25) is 9.59 Å². The molecule has 0 bridgehead atoms. The Balaban J connectivity index is 3.60. The summed E-state index contributed by atoms with van der Waals surface area (Å²) in [5.41, 5.74) is 0. The zero-order valence-electron chi connectivity index (χ0n) is 10.1. The predicted molar refractivity (Wildman–Crippen MR) is 61.3 cm³/mol. The van der Waals surface area contributed by atoms with Crippen molar-refractivity contribution in [3.63, 3.8) is 0 Å². The molecular weight excluding hydrogens is 208 g/mol. The van der Waals surface area contributed by atoms with Crippen LogP contribution in [0.1, 0.15) is 52.4 Å². The van der Waals surface area contributed by atoms with Crippen LogP contribution in [0, 0.1) is 11.8 Å². The van der Waals surface area contributed by atoms with Crippen LogP contribution in [0.3, 0.4) is 0 Å². The summed E-state index contributed by atoms with van der Waals surface area (Å²) < 4.78 is 0. The highest BCUT2D eigenvalue weighted by Crippen LogP contribution is 2.22. The van der Waals surface area contributed by atoms with Crippen LogP contribution in [0.15, 0.2) is 0 Å². The summed E-state index contributed by atoms with van der Waals surface area (Å²) in [5, 5.41) is 17.0. The van der Waals surface area contributed by atoms with Crippen LogP contribution < -0.4 is 0 Å². The second-order valence-electron chi connectivity index (χ2n) is 4.53. The van der Waals surface area contributed by atoms with Gasteiger partial charge in [0, 0.05) is 12.8 Å². The molecule has 2 atom stereocenters.